The number of amides is 1. The quantitative estimate of drug-likeness (QED) is 0.380. The second-order valence-corrected chi connectivity index (χ2v) is 8.13. The van der Waals surface area contributed by atoms with Gasteiger partial charge >= 0.3 is 0 Å². The minimum atomic E-state index is -0.120. The molecule has 0 bridgehead atoms. The molecular weight excluding hydrogens is 376 g/mol. The number of rotatable bonds is 8. The molecule has 0 aliphatic rings. The maximum Gasteiger partial charge on any atom is 0.229 e. The lowest BCUT2D eigenvalue weighted by molar-refractivity contribution is -0.118. The van der Waals surface area contributed by atoms with Gasteiger partial charge in [-0.1, -0.05) is 36.4 Å². The third-order valence-corrected chi connectivity index (χ3v) is 5.89. The van der Waals surface area contributed by atoms with Gasteiger partial charge < -0.3 is 0 Å². The molecule has 0 N–H and O–H groups in total. The number of hydrogen-bond donors (Lipinski definition) is 0. The topological polar surface area (TPSA) is 50.3 Å². The summed E-state index contributed by atoms with van der Waals surface area (Å²) >= 11 is 2.88. The van der Waals surface area contributed by atoms with E-state index in [0.29, 0.717) is 16.6 Å². The summed E-state index contributed by atoms with van der Waals surface area (Å²) in [6.07, 6.45) is 2.03. The molecule has 0 atom stereocenters. The molecule has 1 amide bonds. The zero-order chi connectivity index (χ0) is 19.2. The standard InChI is InChI=1S/C21H20N2O2S2/c1-3-13-23(20(25)12-10-18(24)19-11-9-15(2)27-19)21-22-17(14-26-21)16-7-5-4-6-8-16/h3-9,11,14H,1,10,12-13H2,2H3. The fourth-order valence-electron chi connectivity index (χ4n) is 2.61. The fraction of sp³-hybridized carbons (Fsp3) is 0.190. The molecule has 0 unspecified atom stereocenters. The highest BCUT2D eigenvalue weighted by Crippen LogP contribution is 2.28. The molecule has 2 heterocycles. The zero-order valence-corrected chi connectivity index (χ0v) is 16.7. The lowest BCUT2D eigenvalue weighted by Gasteiger charge is -2.17. The number of ketones is 1. The van der Waals surface area contributed by atoms with Gasteiger partial charge in [0.15, 0.2) is 10.9 Å². The van der Waals surface area contributed by atoms with Gasteiger partial charge in [0, 0.05) is 35.2 Å². The molecule has 4 nitrogen and oxygen atoms in total. The molecule has 3 rings (SSSR count). The Labute approximate surface area is 166 Å². The van der Waals surface area contributed by atoms with Crippen LogP contribution in [-0.2, 0) is 4.79 Å². The molecule has 0 fully saturated rings. The van der Waals surface area contributed by atoms with Crippen LogP contribution in [0.5, 0.6) is 0 Å². The summed E-state index contributed by atoms with van der Waals surface area (Å²) in [6.45, 7) is 6.07. The van der Waals surface area contributed by atoms with Crippen LogP contribution in [0, 0.1) is 6.92 Å². The first-order chi connectivity index (χ1) is 13.1. The monoisotopic (exact) mass is 396 g/mol. The van der Waals surface area contributed by atoms with E-state index in [1.54, 1.807) is 11.0 Å². The molecule has 27 heavy (non-hydrogen) atoms. The van der Waals surface area contributed by atoms with Crippen molar-refractivity contribution in [3.63, 3.8) is 0 Å². The SMILES string of the molecule is C=CCN(C(=O)CCC(=O)c1ccc(C)s1)c1nc(-c2ccccc2)cs1. The maximum absolute atomic E-state index is 12.7. The van der Waals surface area contributed by atoms with Crippen molar-refractivity contribution >= 4 is 39.5 Å². The molecule has 0 aliphatic heterocycles. The van der Waals surface area contributed by atoms with Gasteiger partial charge in [-0.05, 0) is 19.1 Å². The summed E-state index contributed by atoms with van der Waals surface area (Å²) in [5.41, 5.74) is 1.84. The summed E-state index contributed by atoms with van der Waals surface area (Å²) in [5.74, 6) is -0.116. The van der Waals surface area contributed by atoms with E-state index in [0.717, 1.165) is 16.1 Å². The van der Waals surface area contributed by atoms with E-state index in [4.69, 9.17) is 0 Å². The number of nitrogens with zero attached hydrogens (tertiary/aromatic N) is 2. The van der Waals surface area contributed by atoms with Crippen LogP contribution in [0.2, 0.25) is 0 Å². The van der Waals surface area contributed by atoms with Crippen molar-refractivity contribution in [3.05, 3.63) is 70.3 Å². The Morgan fingerprint density at radius 2 is 1.93 bits per heavy atom. The first-order valence-electron chi connectivity index (χ1n) is 8.60. The first-order valence-corrected chi connectivity index (χ1v) is 10.3. The molecule has 2 aromatic heterocycles. The molecule has 0 saturated carbocycles. The fourth-order valence-corrected chi connectivity index (χ4v) is 4.30. The summed E-state index contributed by atoms with van der Waals surface area (Å²) < 4.78 is 0. The lowest BCUT2D eigenvalue weighted by Crippen LogP contribution is -2.31. The van der Waals surface area contributed by atoms with Gasteiger partial charge in [-0.15, -0.1) is 29.3 Å². The Hall–Kier alpha value is -2.57. The second kappa shape index (κ2) is 8.88. The average Bonchev–Trinajstić information content (AvgIpc) is 3.34. The number of anilines is 1. The number of hydrogen-bond acceptors (Lipinski definition) is 5. The van der Waals surface area contributed by atoms with Crippen LogP contribution in [0.3, 0.4) is 0 Å². The van der Waals surface area contributed by atoms with Gasteiger partial charge in [0.25, 0.3) is 0 Å². The maximum atomic E-state index is 12.7. The zero-order valence-electron chi connectivity index (χ0n) is 15.1. The van der Waals surface area contributed by atoms with Crippen LogP contribution in [0.15, 0.2) is 60.5 Å². The molecule has 0 aliphatic carbocycles. The highest BCUT2D eigenvalue weighted by molar-refractivity contribution is 7.14. The second-order valence-electron chi connectivity index (χ2n) is 6.01. The molecule has 0 spiro atoms. The van der Waals surface area contributed by atoms with E-state index in [1.807, 2.05) is 54.8 Å². The van der Waals surface area contributed by atoms with Crippen molar-refractivity contribution in [2.45, 2.75) is 19.8 Å². The van der Waals surface area contributed by atoms with E-state index in [-0.39, 0.29) is 24.5 Å². The summed E-state index contributed by atoms with van der Waals surface area (Å²) in [5, 5.41) is 2.56. The normalized spacial score (nSPS) is 10.6. The molecule has 3 aromatic rings. The summed E-state index contributed by atoms with van der Waals surface area (Å²) in [7, 11) is 0. The lowest BCUT2D eigenvalue weighted by atomic mass is 10.2. The third-order valence-electron chi connectivity index (χ3n) is 3.99. The van der Waals surface area contributed by atoms with Crippen molar-refractivity contribution in [3.8, 4) is 11.3 Å². The van der Waals surface area contributed by atoms with E-state index in [9.17, 15) is 9.59 Å². The highest BCUT2D eigenvalue weighted by Gasteiger charge is 2.20. The molecule has 0 radical (unpaired) electrons. The average molecular weight is 397 g/mol. The number of carbonyl (C=O) groups is 2. The van der Waals surface area contributed by atoms with Gasteiger partial charge in [0.05, 0.1) is 10.6 Å². The van der Waals surface area contributed by atoms with Gasteiger partial charge in [-0.2, -0.15) is 0 Å². The largest absolute Gasteiger partial charge is 0.293 e. The predicted molar refractivity (Wildman–Crippen MR) is 113 cm³/mol. The number of Topliss-reactive ketones (excluding diaryl/α,β-unsaturated/α-hetero) is 1. The number of thiazole rings is 1. The summed E-state index contributed by atoms with van der Waals surface area (Å²) in [4.78, 5) is 33.0. The number of thiophene rings is 1. The Balaban J connectivity index is 1.69. The molecule has 138 valence electrons. The molecule has 6 heteroatoms. The molecular formula is C21H20N2O2S2. The van der Waals surface area contributed by atoms with Gasteiger partial charge in [-0.3, -0.25) is 14.5 Å². The Morgan fingerprint density at radius 3 is 2.59 bits per heavy atom. The third kappa shape index (κ3) is 4.78. The van der Waals surface area contributed by atoms with Crippen LogP contribution in [0.4, 0.5) is 5.13 Å². The Kier molecular flexibility index (Phi) is 6.32. The predicted octanol–water partition coefficient (Wildman–Crippen LogP) is 5.36. The molecule has 1 aromatic carbocycles. The number of aryl methyl sites for hydroxylation is 1. The number of benzene rings is 1. The van der Waals surface area contributed by atoms with Crippen molar-refractivity contribution in [1.82, 2.24) is 4.98 Å². The van der Waals surface area contributed by atoms with E-state index in [1.165, 1.54) is 22.7 Å². The Morgan fingerprint density at radius 1 is 1.15 bits per heavy atom. The van der Waals surface area contributed by atoms with Gasteiger partial charge in [0.1, 0.15) is 0 Å². The minimum absolute atomic E-state index is 0.00381. The van der Waals surface area contributed by atoms with E-state index in [2.05, 4.69) is 11.6 Å². The van der Waals surface area contributed by atoms with Crippen molar-refractivity contribution in [2.75, 3.05) is 11.4 Å². The minimum Gasteiger partial charge on any atom is -0.293 e. The number of aromatic nitrogens is 1. The van der Waals surface area contributed by atoms with Crippen LogP contribution in [0.25, 0.3) is 11.3 Å². The van der Waals surface area contributed by atoms with Crippen LogP contribution < -0.4 is 4.90 Å². The first kappa shape index (κ1) is 19.2. The number of carbonyl (C=O) groups excluding carboxylic acids is 2. The van der Waals surface area contributed by atoms with E-state index < -0.39 is 0 Å². The van der Waals surface area contributed by atoms with Crippen molar-refractivity contribution in [1.29, 1.82) is 0 Å². The Bertz CT molecular complexity index is 944. The van der Waals surface area contributed by atoms with Crippen LogP contribution in [-0.4, -0.2) is 23.2 Å². The van der Waals surface area contributed by atoms with Crippen molar-refractivity contribution in [2.24, 2.45) is 0 Å². The summed E-state index contributed by atoms with van der Waals surface area (Å²) in [6, 6.07) is 13.6. The van der Waals surface area contributed by atoms with E-state index >= 15 is 0 Å². The highest BCUT2D eigenvalue weighted by atomic mass is 32.1. The van der Waals surface area contributed by atoms with Crippen LogP contribution in [0.1, 0.15) is 27.4 Å². The smallest absolute Gasteiger partial charge is 0.229 e. The van der Waals surface area contributed by atoms with Crippen molar-refractivity contribution < 1.29 is 9.59 Å². The van der Waals surface area contributed by atoms with Crippen LogP contribution >= 0.6 is 22.7 Å². The van der Waals surface area contributed by atoms with Gasteiger partial charge in [0.2, 0.25) is 5.91 Å². The molecule has 0 saturated heterocycles. The van der Waals surface area contributed by atoms with Gasteiger partial charge in [-0.25, -0.2) is 4.98 Å².